The molecule has 5 heteroatoms. The van der Waals surface area contributed by atoms with Crippen LogP contribution in [0.3, 0.4) is 0 Å². The van der Waals surface area contributed by atoms with Crippen molar-refractivity contribution in [3.05, 3.63) is 66.4 Å². The summed E-state index contributed by atoms with van der Waals surface area (Å²) in [5, 5.41) is 4.23. The Balaban J connectivity index is 1.40. The van der Waals surface area contributed by atoms with E-state index in [1.54, 1.807) is 12.4 Å². The van der Waals surface area contributed by atoms with Gasteiger partial charge in [0.1, 0.15) is 5.69 Å². The maximum absolute atomic E-state index is 5.61. The zero-order chi connectivity index (χ0) is 17.6. The van der Waals surface area contributed by atoms with E-state index in [-0.39, 0.29) is 0 Å². The Morgan fingerprint density at radius 2 is 2.00 bits per heavy atom. The van der Waals surface area contributed by atoms with Gasteiger partial charge in [0, 0.05) is 42.0 Å². The Kier molecular flexibility index (Phi) is 5.36. The second-order valence-electron chi connectivity index (χ2n) is 6.89. The first-order valence-electron chi connectivity index (χ1n) is 9.38. The molecule has 0 radical (unpaired) electrons. The minimum atomic E-state index is 0.584. The lowest BCUT2D eigenvalue weighted by Gasteiger charge is -2.35. The van der Waals surface area contributed by atoms with E-state index in [2.05, 4.69) is 38.2 Å². The van der Waals surface area contributed by atoms with Crippen molar-refractivity contribution in [3.63, 3.8) is 0 Å². The van der Waals surface area contributed by atoms with Crippen molar-refractivity contribution in [2.45, 2.75) is 44.7 Å². The molecule has 0 amide bonds. The van der Waals surface area contributed by atoms with E-state index < -0.39 is 0 Å². The van der Waals surface area contributed by atoms with Gasteiger partial charge in [0.2, 0.25) is 0 Å². The fraction of sp³-hybridized carbons (Fsp3) is 0.381. The summed E-state index contributed by atoms with van der Waals surface area (Å²) in [5.41, 5.74) is 3.10. The molecule has 0 saturated carbocycles. The van der Waals surface area contributed by atoms with E-state index in [4.69, 9.17) is 4.52 Å². The predicted octanol–water partition coefficient (Wildman–Crippen LogP) is 4.12. The molecule has 4 rings (SSSR count). The Hall–Kier alpha value is -2.53. The van der Waals surface area contributed by atoms with Gasteiger partial charge in [-0.25, -0.2) is 0 Å². The van der Waals surface area contributed by atoms with Crippen LogP contribution in [0.2, 0.25) is 0 Å². The van der Waals surface area contributed by atoms with Gasteiger partial charge >= 0.3 is 0 Å². The SMILES string of the molecule is c1ccc(CC[C@@H]2CCCCN2Cc2cc(-c3ccncc3)no2)nc1. The minimum Gasteiger partial charge on any atom is -0.359 e. The summed E-state index contributed by atoms with van der Waals surface area (Å²) >= 11 is 0. The molecular formula is C21H24N4O. The van der Waals surface area contributed by atoms with Gasteiger partial charge in [0.25, 0.3) is 0 Å². The molecule has 3 aromatic heterocycles. The number of aromatic nitrogens is 3. The standard InChI is InChI=1S/C21H24N4O/c1-3-11-23-18(5-1)7-8-19-6-2-4-14-25(19)16-20-15-21(24-26-20)17-9-12-22-13-10-17/h1,3,5,9-13,15,19H,2,4,6-8,14,16H2/t19-/m0/s1. The third-order valence-electron chi connectivity index (χ3n) is 5.10. The highest BCUT2D eigenvalue weighted by molar-refractivity contribution is 5.57. The Bertz CT molecular complexity index is 803. The van der Waals surface area contributed by atoms with Crippen LogP contribution in [-0.4, -0.2) is 32.6 Å². The maximum Gasteiger partial charge on any atom is 0.151 e. The summed E-state index contributed by atoms with van der Waals surface area (Å²) < 4.78 is 5.61. The first kappa shape index (κ1) is 16.9. The molecule has 1 aliphatic heterocycles. The first-order chi connectivity index (χ1) is 12.9. The van der Waals surface area contributed by atoms with Crippen molar-refractivity contribution >= 4 is 0 Å². The molecule has 134 valence electrons. The Labute approximate surface area is 154 Å². The van der Waals surface area contributed by atoms with Gasteiger partial charge in [0.15, 0.2) is 5.76 Å². The molecule has 5 nitrogen and oxygen atoms in total. The highest BCUT2D eigenvalue weighted by atomic mass is 16.5. The maximum atomic E-state index is 5.61. The van der Waals surface area contributed by atoms with E-state index in [0.29, 0.717) is 6.04 Å². The summed E-state index contributed by atoms with van der Waals surface area (Å²) in [6.45, 7) is 1.95. The summed E-state index contributed by atoms with van der Waals surface area (Å²) in [6, 6.07) is 12.7. The van der Waals surface area contributed by atoms with E-state index in [1.807, 2.05) is 24.4 Å². The number of rotatable bonds is 6. The van der Waals surface area contributed by atoms with Crippen molar-refractivity contribution in [2.75, 3.05) is 6.54 Å². The molecule has 0 aliphatic carbocycles. The number of nitrogens with zero attached hydrogens (tertiary/aromatic N) is 4. The van der Waals surface area contributed by atoms with Crippen LogP contribution in [0.4, 0.5) is 0 Å². The lowest BCUT2D eigenvalue weighted by atomic mass is 9.97. The van der Waals surface area contributed by atoms with Crippen molar-refractivity contribution in [3.8, 4) is 11.3 Å². The molecule has 0 aromatic carbocycles. The first-order valence-corrected chi connectivity index (χ1v) is 9.38. The lowest BCUT2D eigenvalue weighted by Crippen LogP contribution is -2.39. The molecular weight excluding hydrogens is 324 g/mol. The van der Waals surface area contributed by atoms with Gasteiger partial charge in [0.05, 0.1) is 6.54 Å². The molecule has 3 aromatic rings. The van der Waals surface area contributed by atoms with Gasteiger partial charge in [-0.2, -0.15) is 0 Å². The van der Waals surface area contributed by atoms with Crippen molar-refractivity contribution < 1.29 is 4.52 Å². The van der Waals surface area contributed by atoms with Gasteiger partial charge in [-0.15, -0.1) is 0 Å². The third kappa shape index (κ3) is 4.17. The second-order valence-corrected chi connectivity index (χ2v) is 6.89. The van der Waals surface area contributed by atoms with Crippen LogP contribution in [0.15, 0.2) is 59.5 Å². The van der Waals surface area contributed by atoms with Crippen LogP contribution in [0.25, 0.3) is 11.3 Å². The fourth-order valence-corrected chi connectivity index (χ4v) is 3.70. The van der Waals surface area contributed by atoms with Crippen LogP contribution in [-0.2, 0) is 13.0 Å². The molecule has 26 heavy (non-hydrogen) atoms. The Morgan fingerprint density at radius 3 is 2.85 bits per heavy atom. The number of pyridine rings is 2. The zero-order valence-corrected chi connectivity index (χ0v) is 14.9. The smallest absolute Gasteiger partial charge is 0.151 e. The fourth-order valence-electron chi connectivity index (χ4n) is 3.70. The number of aryl methyl sites for hydroxylation is 1. The largest absolute Gasteiger partial charge is 0.359 e. The summed E-state index contributed by atoms with van der Waals surface area (Å²) in [5.74, 6) is 0.932. The van der Waals surface area contributed by atoms with Crippen molar-refractivity contribution in [1.82, 2.24) is 20.0 Å². The number of piperidine rings is 1. The van der Waals surface area contributed by atoms with E-state index >= 15 is 0 Å². The third-order valence-corrected chi connectivity index (χ3v) is 5.10. The van der Waals surface area contributed by atoms with E-state index in [9.17, 15) is 0 Å². The average Bonchev–Trinajstić information content (AvgIpc) is 3.17. The van der Waals surface area contributed by atoms with Crippen LogP contribution in [0, 0.1) is 0 Å². The average molecular weight is 348 g/mol. The summed E-state index contributed by atoms with van der Waals surface area (Å²) in [4.78, 5) is 11.1. The van der Waals surface area contributed by atoms with Gasteiger partial charge in [-0.3, -0.25) is 14.9 Å². The van der Waals surface area contributed by atoms with Crippen molar-refractivity contribution in [2.24, 2.45) is 0 Å². The molecule has 1 aliphatic rings. The molecule has 0 unspecified atom stereocenters. The lowest BCUT2D eigenvalue weighted by molar-refractivity contribution is 0.119. The number of likely N-dealkylation sites (tertiary alicyclic amines) is 1. The molecule has 0 N–H and O–H groups in total. The quantitative estimate of drug-likeness (QED) is 0.671. The summed E-state index contributed by atoms with van der Waals surface area (Å²) in [7, 11) is 0. The molecule has 0 bridgehead atoms. The number of hydrogen-bond donors (Lipinski definition) is 0. The molecule has 0 spiro atoms. The van der Waals surface area contributed by atoms with Crippen LogP contribution in [0.1, 0.15) is 37.1 Å². The van der Waals surface area contributed by atoms with E-state index in [1.165, 1.54) is 25.0 Å². The van der Waals surface area contributed by atoms with Crippen LogP contribution < -0.4 is 0 Å². The highest BCUT2D eigenvalue weighted by Gasteiger charge is 2.23. The topological polar surface area (TPSA) is 55.1 Å². The molecule has 1 fully saturated rings. The van der Waals surface area contributed by atoms with Gasteiger partial charge < -0.3 is 4.52 Å². The normalized spacial score (nSPS) is 18.1. The second kappa shape index (κ2) is 8.23. The molecule has 1 saturated heterocycles. The minimum absolute atomic E-state index is 0.584. The Morgan fingerprint density at radius 1 is 1.08 bits per heavy atom. The van der Waals surface area contributed by atoms with Gasteiger partial charge in [-0.1, -0.05) is 17.6 Å². The van der Waals surface area contributed by atoms with Crippen molar-refractivity contribution in [1.29, 1.82) is 0 Å². The molecule has 1 atom stereocenters. The zero-order valence-electron chi connectivity index (χ0n) is 14.9. The van der Waals surface area contributed by atoms with Crippen LogP contribution in [0.5, 0.6) is 0 Å². The van der Waals surface area contributed by atoms with E-state index in [0.717, 1.165) is 42.9 Å². The monoisotopic (exact) mass is 348 g/mol. The predicted molar refractivity (Wildman–Crippen MR) is 100 cm³/mol. The summed E-state index contributed by atoms with van der Waals surface area (Å²) in [6.07, 6.45) is 11.4. The number of hydrogen-bond acceptors (Lipinski definition) is 5. The van der Waals surface area contributed by atoms with Gasteiger partial charge in [-0.05, 0) is 56.5 Å². The molecule has 4 heterocycles. The van der Waals surface area contributed by atoms with Crippen LogP contribution >= 0.6 is 0 Å². The highest BCUT2D eigenvalue weighted by Crippen LogP contribution is 2.25.